The van der Waals surface area contributed by atoms with Crippen molar-refractivity contribution in [3.05, 3.63) is 35.9 Å². The van der Waals surface area contributed by atoms with Gasteiger partial charge < -0.3 is 10.1 Å². The number of benzene rings is 1. The normalized spacial score (nSPS) is 27.7. The van der Waals surface area contributed by atoms with E-state index in [0.29, 0.717) is 0 Å². The van der Waals surface area contributed by atoms with Crippen molar-refractivity contribution < 1.29 is 4.74 Å². The van der Waals surface area contributed by atoms with Crippen molar-refractivity contribution in [2.24, 2.45) is 11.8 Å². The summed E-state index contributed by atoms with van der Waals surface area (Å²) < 4.78 is 5.42. The molecule has 1 saturated heterocycles. The summed E-state index contributed by atoms with van der Waals surface area (Å²) in [5.41, 5.74) is 2.74. The molecule has 0 bridgehead atoms. The van der Waals surface area contributed by atoms with Crippen LogP contribution in [-0.2, 0) is 0 Å². The Labute approximate surface area is 96.3 Å². The van der Waals surface area contributed by atoms with Crippen molar-refractivity contribution in [3.8, 4) is 5.75 Å². The van der Waals surface area contributed by atoms with Gasteiger partial charge in [-0.1, -0.05) is 24.3 Å². The lowest BCUT2D eigenvalue weighted by molar-refractivity contribution is 0.413. The fourth-order valence-corrected chi connectivity index (χ4v) is 2.89. The van der Waals surface area contributed by atoms with Crippen LogP contribution in [0.4, 0.5) is 0 Å². The molecule has 2 aliphatic rings. The van der Waals surface area contributed by atoms with Crippen LogP contribution in [0.25, 0.3) is 5.57 Å². The van der Waals surface area contributed by atoms with Gasteiger partial charge in [0.1, 0.15) is 5.75 Å². The second kappa shape index (κ2) is 3.95. The van der Waals surface area contributed by atoms with Crippen molar-refractivity contribution in [1.82, 2.24) is 5.32 Å². The molecule has 1 aliphatic carbocycles. The smallest absolute Gasteiger partial charge is 0.126 e. The number of hydrogen-bond donors (Lipinski definition) is 1. The molecule has 84 valence electrons. The second-order valence-corrected chi connectivity index (χ2v) is 4.68. The van der Waals surface area contributed by atoms with E-state index in [4.69, 9.17) is 4.74 Å². The molecule has 1 aromatic carbocycles. The third-order valence-corrected chi connectivity index (χ3v) is 3.74. The molecule has 0 spiro atoms. The number of nitrogens with one attached hydrogen (secondary N) is 1. The Kier molecular flexibility index (Phi) is 2.44. The van der Waals surface area contributed by atoms with Gasteiger partial charge >= 0.3 is 0 Å². The topological polar surface area (TPSA) is 21.3 Å². The lowest BCUT2D eigenvalue weighted by atomic mass is 9.98. The lowest BCUT2D eigenvalue weighted by Gasteiger charge is -2.10. The number of ether oxygens (including phenoxy) is 1. The van der Waals surface area contributed by atoms with Gasteiger partial charge in [-0.2, -0.15) is 0 Å². The van der Waals surface area contributed by atoms with Crippen LogP contribution >= 0.6 is 0 Å². The monoisotopic (exact) mass is 215 g/mol. The molecule has 2 heteroatoms. The van der Waals surface area contributed by atoms with E-state index in [0.717, 1.165) is 24.1 Å². The highest BCUT2D eigenvalue weighted by Gasteiger charge is 2.32. The van der Waals surface area contributed by atoms with Gasteiger partial charge in [-0.15, -0.1) is 0 Å². The van der Waals surface area contributed by atoms with Gasteiger partial charge in [0.15, 0.2) is 0 Å². The van der Waals surface area contributed by atoms with Crippen LogP contribution in [0, 0.1) is 11.8 Å². The molecule has 1 N–H and O–H groups in total. The minimum absolute atomic E-state index is 0.736. The molecule has 1 fully saturated rings. The molecule has 0 aromatic heterocycles. The van der Waals surface area contributed by atoms with Crippen molar-refractivity contribution in [2.75, 3.05) is 20.2 Å². The number of methoxy groups -OCH3 is 1. The summed E-state index contributed by atoms with van der Waals surface area (Å²) in [6, 6.07) is 8.33. The first-order chi connectivity index (χ1) is 7.88. The fourth-order valence-electron chi connectivity index (χ4n) is 2.89. The van der Waals surface area contributed by atoms with E-state index in [2.05, 4.69) is 23.5 Å². The zero-order valence-corrected chi connectivity index (χ0v) is 9.57. The van der Waals surface area contributed by atoms with Gasteiger partial charge in [0, 0.05) is 12.1 Å². The zero-order chi connectivity index (χ0) is 11.0. The van der Waals surface area contributed by atoms with Crippen molar-refractivity contribution in [2.45, 2.75) is 6.42 Å². The highest BCUT2D eigenvalue weighted by molar-refractivity contribution is 5.72. The summed E-state index contributed by atoms with van der Waals surface area (Å²) in [4.78, 5) is 0. The molecule has 0 radical (unpaired) electrons. The standard InChI is InChI=1S/C14H17NO/c1-16-14-5-3-2-4-13(14)10-6-11-8-15-9-12(11)7-10/h2-6,11-12,15H,7-9H2,1H3. The molecule has 2 atom stereocenters. The first kappa shape index (κ1) is 9.91. The van der Waals surface area contributed by atoms with E-state index < -0.39 is 0 Å². The zero-order valence-electron chi connectivity index (χ0n) is 9.57. The van der Waals surface area contributed by atoms with Crippen molar-refractivity contribution >= 4 is 5.57 Å². The largest absolute Gasteiger partial charge is 0.496 e. The van der Waals surface area contributed by atoms with Crippen LogP contribution in [0.15, 0.2) is 30.3 Å². The van der Waals surface area contributed by atoms with Crippen LogP contribution < -0.4 is 10.1 Å². The first-order valence-electron chi connectivity index (χ1n) is 5.93. The van der Waals surface area contributed by atoms with Crippen LogP contribution in [-0.4, -0.2) is 20.2 Å². The van der Waals surface area contributed by atoms with E-state index in [1.807, 2.05) is 12.1 Å². The lowest BCUT2D eigenvalue weighted by Crippen LogP contribution is -2.09. The van der Waals surface area contributed by atoms with E-state index in [9.17, 15) is 0 Å². The van der Waals surface area contributed by atoms with Gasteiger partial charge in [-0.3, -0.25) is 0 Å². The highest BCUT2D eigenvalue weighted by atomic mass is 16.5. The average molecular weight is 215 g/mol. The highest BCUT2D eigenvalue weighted by Crippen LogP contribution is 2.40. The maximum absolute atomic E-state index is 5.42. The van der Waals surface area contributed by atoms with Crippen LogP contribution in [0.2, 0.25) is 0 Å². The Morgan fingerprint density at radius 2 is 2.12 bits per heavy atom. The number of rotatable bonds is 2. The predicted octanol–water partition coefficient (Wildman–Crippen LogP) is 2.32. The molecule has 1 aliphatic heterocycles. The number of allylic oxidation sites excluding steroid dienone is 1. The maximum Gasteiger partial charge on any atom is 0.126 e. The molecule has 0 amide bonds. The summed E-state index contributed by atoms with van der Waals surface area (Å²) in [7, 11) is 1.75. The van der Waals surface area contributed by atoms with E-state index in [1.165, 1.54) is 24.1 Å². The van der Waals surface area contributed by atoms with Crippen LogP contribution in [0.5, 0.6) is 5.75 Å². The van der Waals surface area contributed by atoms with Crippen molar-refractivity contribution in [3.63, 3.8) is 0 Å². The van der Waals surface area contributed by atoms with Gasteiger partial charge in [0.2, 0.25) is 0 Å². The molecular formula is C14H17NO. The first-order valence-corrected chi connectivity index (χ1v) is 5.93. The van der Waals surface area contributed by atoms with Gasteiger partial charge in [-0.25, -0.2) is 0 Å². The second-order valence-electron chi connectivity index (χ2n) is 4.68. The molecular weight excluding hydrogens is 198 g/mol. The summed E-state index contributed by atoms with van der Waals surface area (Å²) in [6.45, 7) is 2.31. The third kappa shape index (κ3) is 1.54. The minimum Gasteiger partial charge on any atom is -0.496 e. The van der Waals surface area contributed by atoms with E-state index >= 15 is 0 Å². The molecule has 2 unspecified atom stereocenters. The molecule has 1 aromatic rings. The third-order valence-electron chi connectivity index (χ3n) is 3.74. The number of fused-ring (bicyclic) bond motifs is 1. The molecule has 16 heavy (non-hydrogen) atoms. The number of hydrogen-bond acceptors (Lipinski definition) is 2. The van der Waals surface area contributed by atoms with Crippen LogP contribution in [0.1, 0.15) is 12.0 Å². The van der Waals surface area contributed by atoms with Gasteiger partial charge in [-0.05, 0) is 36.4 Å². The fraction of sp³-hybridized carbons (Fsp3) is 0.429. The molecule has 3 rings (SSSR count). The van der Waals surface area contributed by atoms with E-state index in [1.54, 1.807) is 7.11 Å². The average Bonchev–Trinajstić information content (AvgIpc) is 2.89. The molecule has 2 nitrogen and oxygen atoms in total. The van der Waals surface area contributed by atoms with Crippen LogP contribution in [0.3, 0.4) is 0 Å². The van der Waals surface area contributed by atoms with Gasteiger partial charge in [0.25, 0.3) is 0 Å². The minimum atomic E-state index is 0.736. The predicted molar refractivity (Wildman–Crippen MR) is 65.4 cm³/mol. The maximum atomic E-state index is 5.42. The summed E-state index contributed by atoms with van der Waals surface area (Å²) in [6.07, 6.45) is 3.63. The number of para-hydroxylation sites is 1. The quantitative estimate of drug-likeness (QED) is 0.817. The SMILES string of the molecule is COc1ccccc1C1=CC2CNCC2C1. The van der Waals surface area contributed by atoms with Gasteiger partial charge in [0.05, 0.1) is 7.11 Å². The Morgan fingerprint density at radius 1 is 1.25 bits per heavy atom. The Balaban J connectivity index is 1.93. The summed E-state index contributed by atoms with van der Waals surface area (Å²) >= 11 is 0. The Bertz CT molecular complexity index is 424. The summed E-state index contributed by atoms with van der Waals surface area (Å²) in [5.74, 6) is 2.54. The molecule has 1 heterocycles. The Morgan fingerprint density at radius 3 is 2.94 bits per heavy atom. The summed E-state index contributed by atoms with van der Waals surface area (Å²) in [5, 5.41) is 3.45. The van der Waals surface area contributed by atoms with E-state index in [-0.39, 0.29) is 0 Å². The van der Waals surface area contributed by atoms with Crippen molar-refractivity contribution in [1.29, 1.82) is 0 Å². The molecule has 0 saturated carbocycles. The Hall–Kier alpha value is -1.28.